The summed E-state index contributed by atoms with van der Waals surface area (Å²) in [4.78, 5) is 3.36. The fourth-order valence-electron chi connectivity index (χ4n) is 3.78. The molecule has 0 radical (unpaired) electrons. The van der Waals surface area contributed by atoms with Crippen molar-refractivity contribution >= 4 is 15.9 Å². The van der Waals surface area contributed by atoms with E-state index in [9.17, 15) is 0 Å². The van der Waals surface area contributed by atoms with Crippen molar-refractivity contribution in [3.05, 3.63) is 0 Å². The molecule has 1 atom stereocenters. The predicted molar refractivity (Wildman–Crippen MR) is 73.7 cm³/mol. The van der Waals surface area contributed by atoms with Crippen LogP contribution in [0.5, 0.6) is 0 Å². The molecule has 98 valence electrons. The largest absolute Gasteiger partial charge is 0.370 e. The molecule has 3 fully saturated rings. The van der Waals surface area contributed by atoms with Gasteiger partial charge in [0.05, 0.1) is 11.7 Å². The minimum atomic E-state index is 0.318. The first-order chi connectivity index (χ1) is 8.26. The molecule has 1 spiro atoms. The molecule has 2 nitrogen and oxygen atoms in total. The van der Waals surface area contributed by atoms with E-state index in [1.807, 2.05) is 0 Å². The zero-order chi connectivity index (χ0) is 11.7. The monoisotopic (exact) mass is 301 g/mol. The van der Waals surface area contributed by atoms with Gasteiger partial charge in [0.15, 0.2) is 0 Å². The van der Waals surface area contributed by atoms with Gasteiger partial charge in [-0.25, -0.2) is 0 Å². The van der Waals surface area contributed by atoms with E-state index in [0.717, 1.165) is 4.83 Å². The molecule has 1 aliphatic carbocycles. The molecule has 3 rings (SSSR count). The van der Waals surface area contributed by atoms with Crippen LogP contribution in [0.4, 0.5) is 0 Å². The number of rotatable bonds is 2. The highest BCUT2D eigenvalue weighted by molar-refractivity contribution is 9.09. The van der Waals surface area contributed by atoms with E-state index in [0.29, 0.717) is 11.7 Å². The Morgan fingerprint density at radius 3 is 2.47 bits per heavy atom. The maximum Gasteiger partial charge on any atom is 0.0710 e. The first-order valence-corrected chi connectivity index (χ1v) is 8.22. The van der Waals surface area contributed by atoms with Crippen molar-refractivity contribution in [1.82, 2.24) is 4.90 Å². The van der Waals surface area contributed by atoms with Crippen LogP contribution in [0.2, 0.25) is 0 Å². The number of alkyl halides is 1. The van der Waals surface area contributed by atoms with Crippen molar-refractivity contribution in [2.75, 3.05) is 19.6 Å². The lowest BCUT2D eigenvalue weighted by atomic mass is 9.98. The molecule has 1 unspecified atom stereocenters. The molecular formula is C14H24BrNO. The predicted octanol–water partition coefficient (Wildman–Crippen LogP) is 3.34. The Hall–Kier alpha value is 0.400. The second-order valence-corrected chi connectivity index (χ2v) is 7.44. The van der Waals surface area contributed by atoms with Gasteiger partial charge in [-0.05, 0) is 51.6 Å². The molecule has 3 aliphatic rings. The molecule has 3 heteroatoms. The third kappa shape index (κ3) is 2.87. The second kappa shape index (κ2) is 5.18. The molecule has 0 bridgehead atoms. The van der Waals surface area contributed by atoms with Crippen molar-refractivity contribution in [2.45, 2.75) is 67.9 Å². The highest BCUT2D eigenvalue weighted by Crippen LogP contribution is 2.43. The van der Waals surface area contributed by atoms with E-state index in [1.54, 1.807) is 0 Å². The average Bonchev–Trinajstić information content (AvgIpc) is 2.94. The van der Waals surface area contributed by atoms with Gasteiger partial charge in [-0.1, -0.05) is 28.8 Å². The van der Waals surface area contributed by atoms with Crippen LogP contribution in [0.15, 0.2) is 0 Å². The Kier molecular flexibility index (Phi) is 3.79. The Balaban J connectivity index is 1.47. The van der Waals surface area contributed by atoms with E-state index >= 15 is 0 Å². The van der Waals surface area contributed by atoms with Gasteiger partial charge in [0.1, 0.15) is 0 Å². The number of hydrogen-bond donors (Lipinski definition) is 0. The molecule has 17 heavy (non-hydrogen) atoms. The SMILES string of the molecule is BrC1CCN(CC2CCC3(CCCC3)O2)CC1. The summed E-state index contributed by atoms with van der Waals surface area (Å²) in [5.41, 5.74) is 0.318. The quantitative estimate of drug-likeness (QED) is 0.725. The number of hydrogen-bond acceptors (Lipinski definition) is 2. The number of ether oxygens (including phenoxy) is 1. The Morgan fingerprint density at radius 1 is 1.06 bits per heavy atom. The molecule has 0 amide bonds. The lowest BCUT2D eigenvalue weighted by Crippen LogP contribution is -2.39. The van der Waals surface area contributed by atoms with E-state index < -0.39 is 0 Å². The van der Waals surface area contributed by atoms with E-state index in [-0.39, 0.29) is 0 Å². The summed E-state index contributed by atoms with van der Waals surface area (Å²) in [6.45, 7) is 3.69. The number of halogens is 1. The van der Waals surface area contributed by atoms with Gasteiger partial charge in [0.25, 0.3) is 0 Å². The van der Waals surface area contributed by atoms with Gasteiger partial charge in [-0.15, -0.1) is 0 Å². The van der Waals surface area contributed by atoms with Gasteiger partial charge in [-0.2, -0.15) is 0 Å². The van der Waals surface area contributed by atoms with Crippen LogP contribution in [0.25, 0.3) is 0 Å². The van der Waals surface area contributed by atoms with Crippen LogP contribution in [-0.2, 0) is 4.74 Å². The normalized spacial score (nSPS) is 34.8. The van der Waals surface area contributed by atoms with Crippen LogP contribution in [-0.4, -0.2) is 41.1 Å². The molecule has 0 N–H and O–H groups in total. The van der Waals surface area contributed by atoms with Crippen LogP contribution >= 0.6 is 15.9 Å². The zero-order valence-electron chi connectivity index (χ0n) is 10.7. The van der Waals surface area contributed by atoms with E-state index in [1.165, 1.54) is 71.0 Å². The molecular weight excluding hydrogens is 278 g/mol. The maximum absolute atomic E-state index is 6.39. The summed E-state index contributed by atoms with van der Waals surface area (Å²) in [6.07, 6.45) is 11.2. The lowest BCUT2D eigenvalue weighted by molar-refractivity contribution is -0.0485. The Labute approximate surface area is 113 Å². The summed E-state index contributed by atoms with van der Waals surface area (Å²) in [5.74, 6) is 0. The van der Waals surface area contributed by atoms with Crippen molar-refractivity contribution in [2.24, 2.45) is 0 Å². The first kappa shape index (κ1) is 12.4. The third-order valence-corrected chi connectivity index (χ3v) is 5.75. The maximum atomic E-state index is 6.39. The van der Waals surface area contributed by atoms with Crippen LogP contribution < -0.4 is 0 Å². The Bertz CT molecular complexity index is 257. The van der Waals surface area contributed by atoms with Crippen LogP contribution in [0.1, 0.15) is 51.4 Å². The molecule has 2 heterocycles. The number of nitrogens with zero attached hydrogens (tertiary/aromatic N) is 1. The minimum Gasteiger partial charge on any atom is -0.370 e. The second-order valence-electron chi connectivity index (χ2n) is 6.14. The molecule has 0 aromatic carbocycles. The highest BCUT2D eigenvalue weighted by Gasteiger charge is 2.42. The minimum absolute atomic E-state index is 0.318. The average molecular weight is 302 g/mol. The van der Waals surface area contributed by atoms with Crippen LogP contribution in [0.3, 0.4) is 0 Å². The molecule has 2 aliphatic heterocycles. The fraction of sp³-hybridized carbons (Fsp3) is 1.00. The van der Waals surface area contributed by atoms with Crippen molar-refractivity contribution in [3.63, 3.8) is 0 Å². The summed E-state index contributed by atoms with van der Waals surface area (Å²) >= 11 is 3.72. The van der Waals surface area contributed by atoms with Gasteiger partial charge >= 0.3 is 0 Å². The van der Waals surface area contributed by atoms with Gasteiger partial charge in [0, 0.05) is 11.4 Å². The van der Waals surface area contributed by atoms with E-state index in [2.05, 4.69) is 20.8 Å². The molecule has 1 saturated carbocycles. The van der Waals surface area contributed by atoms with Gasteiger partial charge in [-0.3, -0.25) is 0 Å². The summed E-state index contributed by atoms with van der Waals surface area (Å²) in [5, 5.41) is 0. The lowest BCUT2D eigenvalue weighted by Gasteiger charge is -2.32. The van der Waals surface area contributed by atoms with E-state index in [4.69, 9.17) is 4.74 Å². The van der Waals surface area contributed by atoms with Crippen molar-refractivity contribution in [1.29, 1.82) is 0 Å². The molecule has 2 saturated heterocycles. The number of piperidine rings is 1. The molecule has 0 aromatic heterocycles. The third-order valence-electron chi connectivity index (χ3n) is 4.83. The Morgan fingerprint density at radius 2 is 1.76 bits per heavy atom. The van der Waals surface area contributed by atoms with Gasteiger partial charge < -0.3 is 9.64 Å². The van der Waals surface area contributed by atoms with Crippen molar-refractivity contribution < 1.29 is 4.74 Å². The number of likely N-dealkylation sites (tertiary alicyclic amines) is 1. The van der Waals surface area contributed by atoms with Crippen LogP contribution in [0, 0.1) is 0 Å². The van der Waals surface area contributed by atoms with Gasteiger partial charge in [0.2, 0.25) is 0 Å². The standard InChI is InChI=1S/C14H24BrNO/c15-12-4-9-16(10-5-12)11-13-3-8-14(17-13)6-1-2-7-14/h12-13H,1-11H2. The molecule has 0 aromatic rings. The smallest absolute Gasteiger partial charge is 0.0710 e. The summed E-state index contributed by atoms with van der Waals surface area (Å²) in [7, 11) is 0. The van der Waals surface area contributed by atoms with Crippen molar-refractivity contribution in [3.8, 4) is 0 Å². The topological polar surface area (TPSA) is 12.5 Å². The first-order valence-electron chi connectivity index (χ1n) is 7.30. The highest BCUT2D eigenvalue weighted by atomic mass is 79.9. The zero-order valence-corrected chi connectivity index (χ0v) is 12.3. The fourth-order valence-corrected chi connectivity index (χ4v) is 4.19. The summed E-state index contributed by atoms with van der Waals surface area (Å²) < 4.78 is 6.39. The summed E-state index contributed by atoms with van der Waals surface area (Å²) in [6, 6.07) is 0.